The number of carbonyl (C=O) groups excluding carboxylic acids is 3. The van der Waals surface area contributed by atoms with E-state index in [2.05, 4.69) is 4.74 Å². The number of hydrogen-bond acceptors (Lipinski definition) is 4. The predicted molar refractivity (Wildman–Crippen MR) is 106 cm³/mol. The lowest BCUT2D eigenvalue weighted by Crippen LogP contribution is -1.95. The molecule has 0 amide bonds. The van der Waals surface area contributed by atoms with Gasteiger partial charge in [0.15, 0.2) is 0 Å². The molecule has 0 bridgehead atoms. The van der Waals surface area contributed by atoms with Crippen molar-refractivity contribution in [1.82, 2.24) is 0 Å². The molecule has 2 rings (SSSR count). The van der Waals surface area contributed by atoms with Gasteiger partial charge in [0.1, 0.15) is 0 Å². The first-order chi connectivity index (χ1) is 12.3. The third-order valence-electron chi connectivity index (χ3n) is 3.67. The molecule has 1 aliphatic rings. The number of carbonyl (C=O) groups is 3. The van der Waals surface area contributed by atoms with Gasteiger partial charge in [0.25, 0.3) is 0 Å². The molecule has 0 aliphatic heterocycles. The van der Waals surface area contributed by atoms with E-state index in [1.54, 1.807) is 6.92 Å². The van der Waals surface area contributed by atoms with Crippen LogP contribution in [0.1, 0.15) is 51.0 Å². The van der Waals surface area contributed by atoms with Crippen LogP contribution in [0, 0.1) is 5.92 Å². The highest BCUT2D eigenvalue weighted by atomic mass is 35.5. The van der Waals surface area contributed by atoms with Crippen molar-refractivity contribution < 1.29 is 19.1 Å². The second-order valence-electron chi connectivity index (χ2n) is 5.73. The maximum atomic E-state index is 10.4. The molecular weight excluding hydrogens is 399 g/mol. The molecule has 0 heterocycles. The Morgan fingerprint density at radius 2 is 1.58 bits per heavy atom. The predicted octanol–water partition coefficient (Wildman–Crippen LogP) is 6.10. The highest BCUT2D eigenvalue weighted by Gasteiger charge is 2.15. The maximum Gasteiger partial charge on any atom is 0.403 e. The molecule has 1 aliphatic carbocycles. The van der Waals surface area contributed by atoms with Gasteiger partial charge in [-0.2, -0.15) is 0 Å². The number of hydrogen-bond donors (Lipinski definition) is 0. The fourth-order valence-corrected chi connectivity index (χ4v) is 2.86. The molecule has 1 saturated carbocycles. The Kier molecular flexibility index (Phi) is 15.4. The van der Waals surface area contributed by atoms with Gasteiger partial charge in [0.05, 0.1) is 6.61 Å². The standard InChI is InChI=1S/C8H13ClO.C8H7ClO.C3H5ClO2/c9-8(10)6-5-7-3-1-2-4-7;9-8(10)6-7-4-2-1-3-5-7;1-2-6-3(4)5/h7H,1-6H2;1-5H,6H2;2H2,1H3. The smallest absolute Gasteiger partial charge is 0.403 e. The molecule has 0 spiro atoms. The average Bonchev–Trinajstić information content (AvgIpc) is 3.08. The fraction of sp³-hybridized carbons (Fsp3) is 0.526. The maximum absolute atomic E-state index is 10.4. The molecule has 0 N–H and O–H groups in total. The summed E-state index contributed by atoms with van der Waals surface area (Å²) in [5.41, 5.74) is 0.222. The van der Waals surface area contributed by atoms with E-state index in [0.717, 1.165) is 17.9 Å². The Bertz CT molecular complexity index is 529. The Morgan fingerprint density at radius 1 is 1.00 bits per heavy atom. The molecule has 0 unspecified atom stereocenters. The lowest BCUT2D eigenvalue weighted by molar-refractivity contribution is -0.112. The highest BCUT2D eigenvalue weighted by molar-refractivity contribution is 6.63. The van der Waals surface area contributed by atoms with Gasteiger partial charge in [-0.1, -0.05) is 56.0 Å². The summed E-state index contributed by atoms with van der Waals surface area (Å²) in [5, 5.41) is -0.488. The number of rotatable bonds is 6. The lowest BCUT2D eigenvalue weighted by atomic mass is 10.0. The minimum Gasteiger partial charge on any atom is -0.454 e. The summed E-state index contributed by atoms with van der Waals surface area (Å²) < 4.78 is 4.17. The Labute approximate surface area is 170 Å². The minimum absolute atomic E-state index is 0.174. The van der Waals surface area contributed by atoms with E-state index in [0.29, 0.717) is 19.4 Å². The molecular formula is C19H25Cl3O4. The summed E-state index contributed by atoms with van der Waals surface area (Å²) in [6.45, 7) is 2.04. The van der Waals surface area contributed by atoms with E-state index in [1.807, 2.05) is 30.3 Å². The van der Waals surface area contributed by atoms with Crippen LogP contribution in [0.3, 0.4) is 0 Å². The molecule has 146 valence electrons. The van der Waals surface area contributed by atoms with Gasteiger partial charge < -0.3 is 4.74 Å². The average molecular weight is 424 g/mol. The van der Waals surface area contributed by atoms with Crippen LogP contribution >= 0.6 is 34.8 Å². The summed E-state index contributed by atoms with van der Waals surface area (Å²) in [7, 11) is 0. The molecule has 1 aromatic rings. The SMILES string of the molecule is CCOC(=O)Cl.O=C(Cl)CCC1CCCC1.O=C(Cl)Cc1ccccc1. The largest absolute Gasteiger partial charge is 0.454 e. The van der Waals surface area contributed by atoms with Crippen LogP contribution in [-0.2, 0) is 20.7 Å². The fourth-order valence-electron chi connectivity index (χ4n) is 2.49. The van der Waals surface area contributed by atoms with Gasteiger partial charge >= 0.3 is 5.43 Å². The zero-order valence-corrected chi connectivity index (χ0v) is 17.2. The first kappa shape index (κ1) is 24.9. The topological polar surface area (TPSA) is 60.4 Å². The van der Waals surface area contributed by atoms with E-state index >= 15 is 0 Å². The Morgan fingerprint density at radius 3 is 1.96 bits per heavy atom. The number of benzene rings is 1. The van der Waals surface area contributed by atoms with Gasteiger partial charge in [-0.3, -0.25) is 9.59 Å². The lowest BCUT2D eigenvalue weighted by Gasteiger charge is -2.04. The van der Waals surface area contributed by atoms with Crippen molar-refractivity contribution in [3.05, 3.63) is 35.9 Å². The molecule has 1 fully saturated rings. The van der Waals surface area contributed by atoms with Crippen molar-refractivity contribution >= 4 is 50.7 Å². The molecule has 26 heavy (non-hydrogen) atoms. The van der Waals surface area contributed by atoms with E-state index in [-0.39, 0.29) is 10.5 Å². The summed E-state index contributed by atoms with van der Waals surface area (Å²) >= 11 is 15.1. The van der Waals surface area contributed by atoms with E-state index < -0.39 is 5.43 Å². The summed E-state index contributed by atoms with van der Waals surface area (Å²) in [5.74, 6) is 0.794. The van der Waals surface area contributed by atoms with Crippen molar-refractivity contribution in [2.45, 2.75) is 51.9 Å². The second kappa shape index (κ2) is 16.1. The molecule has 0 aromatic heterocycles. The Balaban J connectivity index is 0.000000375. The first-order valence-corrected chi connectivity index (χ1v) is 9.71. The summed E-state index contributed by atoms with van der Waals surface area (Å²) in [6, 6.07) is 9.42. The highest BCUT2D eigenvalue weighted by Crippen LogP contribution is 2.28. The van der Waals surface area contributed by atoms with Gasteiger partial charge in [-0.05, 0) is 48.0 Å². The zero-order chi connectivity index (χ0) is 19.8. The monoisotopic (exact) mass is 422 g/mol. The minimum atomic E-state index is -0.738. The van der Waals surface area contributed by atoms with Crippen LogP contribution in [0.15, 0.2) is 30.3 Å². The summed E-state index contributed by atoms with van der Waals surface area (Å²) in [6.07, 6.45) is 7.23. The van der Waals surface area contributed by atoms with Gasteiger partial charge in [0, 0.05) is 24.4 Å². The molecule has 0 radical (unpaired) electrons. The van der Waals surface area contributed by atoms with Crippen molar-refractivity contribution in [3.8, 4) is 0 Å². The first-order valence-electron chi connectivity index (χ1n) is 8.58. The third kappa shape index (κ3) is 16.4. The summed E-state index contributed by atoms with van der Waals surface area (Å²) in [4.78, 5) is 30.3. The second-order valence-corrected chi connectivity index (χ2v) is 6.88. The van der Waals surface area contributed by atoms with E-state index in [9.17, 15) is 14.4 Å². The molecule has 1 aromatic carbocycles. The van der Waals surface area contributed by atoms with Crippen LogP contribution in [0.25, 0.3) is 0 Å². The van der Waals surface area contributed by atoms with Crippen LogP contribution in [-0.4, -0.2) is 22.5 Å². The van der Waals surface area contributed by atoms with E-state index in [1.165, 1.54) is 25.7 Å². The van der Waals surface area contributed by atoms with Crippen LogP contribution in [0.2, 0.25) is 0 Å². The van der Waals surface area contributed by atoms with Crippen molar-refractivity contribution in [3.63, 3.8) is 0 Å². The molecule has 7 heteroatoms. The van der Waals surface area contributed by atoms with Crippen LogP contribution in [0.4, 0.5) is 4.79 Å². The number of ether oxygens (including phenoxy) is 1. The van der Waals surface area contributed by atoms with Crippen molar-refractivity contribution in [2.24, 2.45) is 5.92 Å². The third-order valence-corrected chi connectivity index (χ3v) is 4.10. The zero-order valence-electron chi connectivity index (χ0n) is 14.9. The van der Waals surface area contributed by atoms with Crippen LogP contribution in [0.5, 0.6) is 0 Å². The normalized spacial score (nSPS) is 12.9. The Hall–Kier alpha value is -1.10. The molecule has 0 saturated heterocycles. The number of halogens is 3. The molecule has 0 atom stereocenters. The molecule has 4 nitrogen and oxygen atoms in total. The van der Waals surface area contributed by atoms with Crippen molar-refractivity contribution in [1.29, 1.82) is 0 Å². The van der Waals surface area contributed by atoms with Gasteiger partial charge in [-0.25, -0.2) is 4.79 Å². The van der Waals surface area contributed by atoms with E-state index in [4.69, 9.17) is 34.8 Å². The quantitative estimate of drug-likeness (QED) is 0.519. The van der Waals surface area contributed by atoms with Gasteiger partial charge in [-0.15, -0.1) is 0 Å². The van der Waals surface area contributed by atoms with Crippen LogP contribution < -0.4 is 0 Å². The van der Waals surface area contributed by atoms with Crippen molar-refractivity contribution in [2.75, 3.05) is 6.61 Å². The van der Waals surface area contributed by atoms with Gasteiger partial charge in [0.2, 0.25) is 10.5 Å².